The molecule has 1 aliphatic carbocycles. The molecule has 1 atom stereocenters. The van der Waals surface area contributed by atoms with Gasteiger partial charge in [0.1, 0.15) is 5.82 Å². The number of carbonyl (C=O) groups excluding carboxylic acids is 1. The number of nitrogens with one attached hydrogen (secondary N) is 1. The predicted octanol–water partition coefficient (Wildman–Crippen LogP) is 2.84. The first kappa shape index (κ1) is 14.5. The molecule has 0 aliphatic heterocycles. The third kappa shape index (κ3) is 3.34. The first-order chi connectivity index (χ1) is 9.13. The zero-order valence-electron chi connectivity index (χ0n) is 10.7. The molecule has 0 heterocycles. The van der Waals surface area contributed by atoms with Gasteiger partial charge in [0, 0.05) is 17.1 Å². The van der Waals surface area contributed by atoms with Crippen LogP contribution in [0.1, 0.15) is 36.0 Å². The summed E-state index contributed by atoms with van der Waals surface area (Å²) in [4.78, 5) is 12.2. The van der Waals surface area contributed by atoms with E-state index in [0.29, 0.717) is 16.9 Å². The highest BCUT2D eigenvalue weighted by atomic mass is 79.9. The second-order valence-corrected chi connectivity index (χ2v) is 5.81. The van der Waals surface area contributed by atoms with Gasteiger partial charge in [-0.25, -0.2) is 4.39 Å². The van der Waals surface area contributed by atoms with Crippen LogP contribution in [0.25, 0.3) is 0 Å². The van der Waals surface area contributed by atoms with Crippen LogP contribution in [0.4, 0.5) is 4.39 Å². The van der Waals surface area contributed by atoms with Gasteiger partial charge in [0.25, 0.3) is 5.91 Å². The minimum Gasteiger partial charge on any atom is -0.348 e. The van der Waals surface area contributed by atoms with E-state index in [0.717, 1.165) is 12.8 Å². The van der Waals surface area contributed by atoms with Crippen LogP contribution < -0.4 is 11.1 Å². The quantitative estimate of drug-likeness (QED) is 0.892. The van der Waals surface area contributed by atoms with Crippen molar-refractivity contribution in [3.05, 3.63) is 34.1 Å². The molecule has 1 fully saturated rings. The summed E-state index contributed by atoms with van der Waals surface area (Å²) in [7, 11) is 0. The maximum atomic E-state index is 13.7. The summed E-state index contributed by atoms with van der Waals surface area (Å²) in [6.07, 6.45) is 4.53. The molecule has 1 aromatic rings. The van der Waals surface area contributed by atoms with E-state index in [1.54, 1.807) is 12.1 Å². The number of carbonyl (C=O) groups is 1. The predicted molar refractivity (Wildman–Crippen MR) is 76.4 cm³/mol. The summed E-state index contributed by atoms with van der Waals surface area (Å²) >= 11 is 3.21. The highest BCUT2D eigenvalue weighted by Crippen LogP contribution is 2.28. The van der Waals surface area contributed by atoms with Crippen molar-refractivity contribution in [2.75, 3.05) is 6.54 Å². The van der Waals surface area contributed by atoms with Gasteiger partial charge in [-0.15, -0.1) is 0 Å². The maximum absolute atomic E-state index is 13.7. The van der Waals surface area contributed by atoms with Gasteiger partial charge < -0.3 is 11.1 Å². The summed E-state index contributed by atoms with van der Waals surface area (Å²) in [5.74, 6) is -0.499. The Kier molecular flexibility index (Phi) is 4.93. The lowest BCUT2D eigenvalue weighted by Crippen LogP contribution is -2.44. The van der Waals surface area contributed by atoms with Crippen LogP contribution in [0.5, 0.6) is 0 Å². The number of nitrogens with two attached hydrogens (primary N) is 1. The average Bonchev–Trinajstić information content (AvgIpc) is 2.89. The molecule has 0 spiro atoms. The zero-order chi connectivity index (χ0) is 13.8. The Balaban J connectivity index is 2.11. The van der Waals surface area contributed by atoms with E-state index in [-0.39, 0.29) is 11.6 Å². The molecule has 1 aromatic carbocycles. The second-order valence-electron chi connectivity index (χ2n) is 4.96. The third-order valence-electron chi connectivity index (χ3n) is 3.73. The fourth-order valence-electron chi connectivity index (χ4n) is 2.68. The first-order valence-electron chi connectivity index (χ1n) is 6.58. The SMILES string of the molecule is NCC(NC(=O)c1c(F)cccc1Br)C1CCCC1. The van der Waals surface area contributed by atoms with Crippen molar-refractivity contribution < 1.29 is 9.18 Å². The van der Waals surface area contributed by atoms with Gasteiger partial charge in [0.15, 0.2) is 0 Å². The monoisotopic (exact) mass is 328 g/mol. The molecule has 1 saturated carbocycles. The number of benzene rings is 1. The molecule has 0 radical (unpaired) electrons. The van der Waals surface area contributed by atoms with E-state index < -0.39 is 11.7 Å². The van der Waals surface area contributed by atoms with Crippen LogP contribution in [-0.2, 0) is 0 Å². The number of rotatable bonds is 4. The largest absolute Gasteiger partial charge is 0.348 e. The minimum absolute atomic E-state index is 0.0546. The summed E-state index contributed by atoms with van der Waals surface area (Å²) in [5.41, 5.74) is 5.79. The van der Waals surface area contributed by atoms with E-state index in [4.69, 9.17) is 5.73 Å². The zero-order valence-corrected chi connectivity index (χ0v) is 12.2. The Hall–Kier alpha value is -0.940. The van der Waals surface area contributed by atoms with Crippen molar-refractivity contribution in [3.8, 4) is 0 Å². The van der Waals surface area contributed by atoms with Crippen molar-refractivity contribution in [2.45, 2.75) is 31.7 Å². The summed E-state index contributed by atoms with van der Waals surface area (Å²) in [6, 6.07) is 4.44. The second kappa shape index (κ2) is 6.48. The lowest BCUT2D eigenvalue weighted by atomic mass is 9.98. The number of hydrogen-bond donors (Lipinski definition) is 2. The number of halogens is 2. The summed E-state index contributed by atoms with van der Waals surface area (Å²) in [6.45, 7) is 0.391. The van der Waals surface area contributed by atoms with Crippen LogP contribution in [0.15, 0.2) is 22.7 Å². The fourth-order valence-corrected chi connectivity index (χ4v) is 3.21. The van der Waals surface area contributed by atoms with E-state index in [2.05, 4.69) is 21.2 Å². The highest BCUT2D eigenvalue weighted by Gasteiger charge is 2.26. The smallest absolute Gasteiger partial charge is 0.255 e. The van der Waals surface area contributed by atoms with Gasteiger partial charge in [0.2, 0.25) is 0 Å². The Morgan fingerprint density at radius 2 is 2.16 bits per heavy atom. The molecule has 1 aliphatic rings. The van der Waals surface area contributed by atoms with Gasteiger partial charge in [-0.2, -0.15) is 0 Å². The standard InChI is InChI=1S/C14H18BrFN2O/c15-10-6-3-7-11(16)13(10)14(19)18-12(8-17)9-4-1-2-5-9/h3,6-7,9,12H,1-2,4-5,8,17H2,(H,18,19). The molecule has 0 saturated heterocycles. The van der Waals surface area contributed by atoms with Crippen LogP contribution in [0.3, 0.4) is 0 Å². The van der Waals surface area contributed by atoms with Gasteiger partial charge in [-0.1, -0.05) is 18.9 Å². The summed E-state index contributed by atoms with van der Waals surface area (Å²) in [5, 5.41) is 2.87. The minimum atomic E-state index is -0.519. The Morgan fingerprint density at radius 1 is 1.47 bits per heavy atom. The molecule has 19 heavy (non-hydrogen) atoms. The summed E-state index contributed by atoms with van der Waals surface area (Å²) < 4.78 is 14.2. The Labute approximate surface area is 120 Å². The van der Waals surface area contributed by atoms with Crippen molar-refractivity contribution >= 4 is 21.8 Å². The van der Waals surface area contributed by atoms with Gasteiger partial charge in [-0.05, 0) is 46.8 Å². The molecule has 5 heteroatoms. The molecule has 104 valence electrons. The molecule has 0 bridgehead atoms. The molecule has 2 rings (SSSR count). The lowest BCUT2D eigenvalue weighted by molar-refractivity contribution is 0.0919. The number of hydrogen-bond acceptors (Lipinski definition) is 2. The van der Waals surface area contributed by atoms with Crippen LogP contribution in [0, 0.1) is 11.7 Å². The topological polar surface area (TPSA) is 55.1 Å². The maximum Gasteiger partial charge on any atom is 0.255 e. The molecular weight excluding hydrogens is 311 g/mol. The normalized spacial score (nSPS) is 17.4. The van der Waals surface area contributed by atoms with E-state index in [1.807, 2.05) is 0 Å². The van der Waals surface area contributed by atoms with Gasteiger partial charge >= 0.3 is 0 Å². The third-order valence-corrected chi connectivity index (χ3v) is 4.39. The van der Waals surface area contributed by atoms with Crippen LogP contribution >= 0.6 is 15.9 Å². The molecular formula is C14H18BrFN2O. The fraction of sp³-hybridized carbons (Fsp3) is 0.500. The van der Waals surface area contributed by atoms with Crippen molar-refractivity contribution in [1.29, 1.82) is 0 Å². The van der Waals surface area contributed by atoms with Crippen LogP contribution in [-0.4, -0.2) is 18.5 Å². The molecule has 1 unspecified atom stereocenters. The molecule has 3 N–H and O–H groups in total. The molecule has 3 nitrogen and oxygen atoms in total. The van der Waals surface area contributed by atoms with E-state index >= 15 is 0 Å². The van der Waals surface area contributed by atoms with E-state index in [9.17, 15) is 9.18 Å². The highest BCUT2D eigenvalue weighted by molar-refractivity contribution is 9.10. The van der Waals surface area contributed by atoms with Crippen molar-refractivity contribution in [2.24, 2.45) is 11.7 Å². The van der Waals surface area contributed by atoms with Gasteiger partial charge in [0.05, 0.1) is 5.56 Å². The number of amides is 1. The lowest BCUT2D eigenvalue weighted by Gasteiger charge is -2.23. The first-order valence-corrected chi connectivity index (χ1v) is 7.37. The average molecular weight is 329 g/mol. The van der Waals surface area contributed by atoms with E-state index in [1.165, 1.54) is 18.9 Å². The molecule has 1 amide bonds. The van der Waals surface area contributed by atoms with Crippen LogP contribution in [0.2, 0.25) is 0 Å². The Bertz CT molecular complexity index is 441. The molecule has 0 aromatic heterocycles. The van der Waals surface area contributed by atoms with Crippen molar-refractivity contribution in [1.82, 2.24) is 5.32 Å². The Morgan fingerprint density at radius 3 is 2.74 bits per heavy atom. The van der Waals surface area contributed by atoms with Gasteiger partial charge in [-0.3, -0.25) is 4.79 Å². The van der Waals surface area contributed by atoms with Crippen molar-refractivity contribution in [3.63, 3.8) is 0 Å².